The molecule has 1 amide bonds. The molecule has 1 aliphatic heterocycles. The molecule has 3 rings (SSSR count). The lowest BCUT2D eigenvalue weighted by Crippen LogP contribution is -2.49. The molecule has 2 aliphatic carbocycles. The number of carbonyl (C=O) groups excluding carboxylic acids is 1. The quantitative estimate of drug-likeness (QED) is 0.823. The molecule has 1 saturated heterocycles. The van der Waals surface area contributed by atoms with Gasteiger partial charge in [0, 0.05) is 12.1 Å². The molecular formula is C16H29ClN2O. The van der Waals surface area contributed by atoms with Gasteiger partial charge in [0.1, 0.15) is 0 Å². The van der Waals surface area contributed by atoms with E-state index >= 15 is 0 Å². The van der Waals surface area contributed by atoms with Gasteiger partial charge in [-0.05, 0) is 43.9 Å². The van der Waals surface area contributed by atoms with Crippen molar-refractivity contribution in [1.29, 1.82) is 0 Å². The molecule has 20 heavy (non-hydrogen) atoms. The van der Waals surface area contributed by atoms with Crippen LogP contribution in [0.5, 0.6) is 0 Å². The molecule has 0 radical (unpaired) electrons. The van der Waals surface area contributed by atoms with Crippen LogP contribution in [-0.2, 0) is 4.79 Å². The maximum atomic E-state index is 12.4. The van der Waals surface area contributed by atoms with Gasteiger partial charge in [0.15, 0.2) is 0 Å². The van der Waals surface area contributed by atoms with E-state index in [1.165, 1.54) is 51.4 Å². The van der Waals surface area contributed by atoms with Gasteiger partial charge in [-0.2, -0.15) is 0 Å². The Morgan fingerprint density at radius 2 is 1.75 bits per heavy atom. The summed E-state index contributed by atoms with van der Waals surface area (Å²) in [5.74, 6) is 1.68. The summed E-state index contributed by atoms with van der Waals surface area (Å²) in [7, 11) is 0. The molecule has 0 bridgehead atoms. The van der Waals surface area contributed by atoms with E-state index in [4.69, 9.17) is 0 Å². The summed E-state index contributed by atoms with van der Waals surface area (Å²) in [6.45, 7) is 2.28. The first-order valence-corrected chi connectivity index (χ1v) is 8.30. The van der Waals surface area contributed by atoms with Gasteiger partial charge in [0.25, 0.3) is 0 Å². The second-order valence-electron chi connectivity index (χ2n) is 6.98. The summed E-state index contributed by atoms with van der Waals surface area (Å²) in [6, 6.07) is 1.13. The molecule has 1 heterocycles. The average Bonchev–Trinajstić information content (AvgIpc) is 2.85. The standard InChI is InChI=1S/C16H28N2O.ClH/c1-11-6-2-4-8-13(11)18-16(19)15-10-12-7-3-5-9-14(12)17-15;/h11-15,17H,2-10H2,1H3,(H,18,19);1H. The highest BCUT2D eigenvalue weighted by molar-refractivity contribution is 5.85. The van der Waals surface area contributed by atoms with E-state index in [2.05, 4.69) is 17.6 Å². The molecule has 5 atom stereocenters. The predicted molar refractivity (Wildman–Crippen MR) is 84.1 cm³/mol. The van der Waals surface area contributed by atoms with Crippen molar-refractivity contribution in [3.63, 3.8) is 0 Å². The zero-order chi connectivity index (χ0) is 13.2. The molecule has 3 nitrogen and oxygen atoms in total. The number of halogens is 1. The lowest BCUT2D eigenvalue weighted by Gasteiger charge is -2.30. The normalized spacial score (nSPS) is 40.5. The third-order valence-electron chi connectivity index (χ3n) is 5.62. The van der Waals surface area contributed by atoms with Crippen LogP contribution in [-0.4, -0.2) is 24.0 Å². The van der Waals surface area contributed by atoms with Crippen LogP contribution in [0.15, 0.2) is 0 Å². The Hall–Kier alpha value is -0.280. The minimum Gasteiger partial charge on any atom is -0.352 e. The van der Waals surface area contributed by atoms with E-state index in [1.54, 1.807) is 0 Å². The van der Waals surface area contributed by atoms with Crippen LogP contribution in [0.3, 0.4) is 0 Å². The summed E-state index contributed by atoms with van der Waals surface area (Å²) < 4.78 is 0. The number of amides is 1. The summed E-state index contributed by atoms with van der Waals surface area (Å²) in [5, 5.41) is 6.90. The highest BCUT2D eigenvalue weighted by Crippen LogP contribution is 2.33. The van der Waals surface area contributed by atoms with Gasteiger partial charge in [0.05, 0.1) is 6.04 Å². The maximum Gasteiger partial charge on any atom is 0.237 e. The van der Waals surface area contributed by atoms with Gasteiger partial charge in [-0.25, -0.2) is 0 Å². The monoisotopic (exact) mass is 300 g/mol. The van der Waals surface area contributed by atoms with Crippen molar-refractivity contribution < 1.29 is 4.79 Å². The Bertz CT molecular complexity index is 322. The Morgan fingerprint density at radius 1 is 1.05 bits per heavy atom. The zero-order valence-corrected chi connectivity index (χ0v) is 13.4. The number of hydrogen-bond acceptors (Lipinski definition) is 2. The maximum absolute atomic E-state index is 12.4. The fraction of sp³-hybridized carbons (Fsp3) is 0.938. The highest BCUT2D eigenvalue weighted by Gasteiger charge is 2.38. The number of carbonyl (C=O) groups is 1. The van der Waals surface area contributed by atoms with Crippen molar-refractivity contribution in [3.05, 3.63) is 0 Å². The molecule has 4 heteroatoms. The SMILES string of the molecule is CC1CCCCC1NC(=O)C1CC2CCCCC2N1.Cl. The smallest absolute Gasteiger partial charge is 0.237 e. The van der Waals surface area contributed by atoms with Crippen molar-refractivity contribution >= 4 is 18.3 Å². The van der Waals surface area contributed by atoms with Gasteiger partial charge < -0.3 is 10.6 Å². The average molecular weight is 301 g/mol. The molecule has 0 aromatic carbocycles. The molecule has 0 spiro atoms. The summed E-state index contributed by atoms with van der Waals surface area (Å²) in [4.78, 5) is 12.4. The van der Waals surface area contributed by atoms with E-state index in [1.807, 2.05) is 0 Å². The van der Waals surface area contributed by atoms with E-state index < -0.39 is 0 Å². The van der Waals surface area contributed by atoms with Crippen molar-refractivity contribution in [3.8, 4) is 0 Å². The third-order valence-corrected chi connectivity index (χ3v) is 5.62. The van der Waals surface area contributed by atoms with Crippen molar-refractivity contribution in [2.45, 2.75) is 82.8 Å². The topological polar surface area (TPSA) is 41.1 Å². The van der Waals surface area contributed by atoms with Crippen LogP contribution in [0.2, 0.25) is 0 Å². The molecular weight excluding hydrogens is 272 g/mol. The van der Waals surface area contributed by atoms with Crippen LogP contribution in [0.25, 0.3) is 0 Å². The van der Waals surface area contributed by atoms with Crippen molar-refractivity contribution in [2.75, 3.05) is 0 Å². The van der Waals surface area contributed by atoms with Crippen LogP contribution < -0.4 is 10.6 Å². The first kappa shape index (κ1) is 16.1. The lowest BCUT2D eigenvalue weighted by atomic mass is 9.84. The Labute approximate surface area is 129 Å². The first-order valence-electron chi connectivity index (χ1n) is 8.30. The molecule has 3 fully saturated rings. The van der Waals surface area contributed by atoms with Crippen molar-refractivity contribution in [1.82, 2.24) is 10.6 Å². The van der Waals surface area contributed by atoms with Gasteiger partial charge in [0.2, 0.25) is 5.91 Å². The van der Waals surface area contributed by atoms with E-state index in [0.717, 1.165) is 12.3 Å². The zero-order valence-electron chi connectivity index (χ0n) is 12.6. The number of nitrogens with one attached hydrogen (secondary N) is 2. The Morgan fingerprint density at radius 3 is 2.50 bits per heavy atom. The summed E-state index contributed by atoms with van der Waals surface area (Å²) in [5.41, 5.74) is 0. The molecule has 2 saturated carbocycles. The largest absolute Gasteiger partial charge is 0.352 e. The second kappa shape index (κ2) is 7.13. The first-order chi connectivity index (χ1) is 9.24. The van der Waals surface area contributed by atoms with Gasteiger partial charge in [-0.3, -0.25) is 4.79 Å². The van der Waals surface area contributed by atoms with Crippen LogP contribution in [0, 0.1) is 11.8 Å². The number of fused-ring (bicyclic) bond motifs is 1. The Kier molecular flexibility index (Phi) is 5.74. The van der Waals surface area contributed by atoms with E-state index in [9.17, 15) is 4.79 Å². The molecule has 116 valence electrons. The summed E-state index contributed by atoms with van der Waals surface area (Å²) >= 11 is 0. The predicted octanol–water partition coefficient (Wildman–Crippen LogP) is 3.02. The second-order valence-corrected chi connectivity index (χ2v) is 6.98. The molecule has 0 aromatic heterocycles. The lowest BCUT2D eigenvalue weighted by molar-refractivity contribution is -0.124. The summed E-state index contributed by atoms with van der Waals surface area (Å²) in [6.07, 6.45) is 11.4. The van der Waals surface area contributed by atoms with Gasteiger partial charge in [-0.15, -0.1) is 12.4 Å². The van der Waals surface area contributed by atoms with Gasteiger partial charge >= 0.3 is 0 Å². The van der Waals surface area contributed by atoms with Crippen LogP contribution in [0.4, 0.5) is 0 Å². The van der Waals surface area contributed by atoms with E-state index in [-0.39, 0.29) is 24.4 Å². The van der Waals surface area contributed by atoms with Crippen LogP contribution >= 0.6 is 12.4 Å². The van der Waals surface area contributed by atoms with E-state index in [0.29, 0.717) is 18.0 Å². The highest BCUT2D eigenvalue weighted by atomic mass is 35.5. The third kappa shape index (κ3) is 3.48. The molecule has 5 unspecified atom stereocenters. The molecule has 3 aliphatic rings. The number of rotatable bonds is 2. The van der Waals surface area contributed by atoms with Crippen LogP contribution in [0.1, 0.15) is 64.7 Å². The number of hydrogen-bond donors (Lipinski definition) is 2. The molecule has 0 aromatic rings. The fourth-order valence-electron chi connectivity index (χ4n) is 4.34. The van der Waals surface area contributed by atoms with Gasteiger partial charge in [-0.1, -0.05) is 32.6 Å². The van der Waals surface area contributed by atoms with Crippen molar-refractivity contribution in [2.24, 2.45) is 11.8 Å². The minimum absolute atomic E-state index is 0. The fourth-order valence-corrected chi connectivity index (χ4v) is 4.34. The minimum atomic E-state index is 0. The molecule has 2 N–H and O–H groups in total. The Balaban J connectivity index is 0.00000147.